The van der Waals surface area contributed by atoms with E-state index < -0.39 is 6.10 Å². The maximum Gasteiger partial charge on any atom is 0.115 e. The Kier molecular flexibility index (Phi) is 3.93. The summed E-state index contributed by atoms with van der Waals surface area (Å²) in [6, 6.07) is 8.95. The molecule has 1 N–H and O–H groups in total. The molecule has 1 heterocycles. The Hall–Kier alpha value is -0.0600. The third-order valence-corrected chi connectivity index (χ3v) is 4.24. The van der Waals surface area contributed by atoms with E-state index in [1.807, 2.05) is 6.07 Å². The van der Waals surface area contributed by atoms with E-state index in [0.29, 0.717) is 14.9 Å². The fourth-order valence-electron chi connectivity index (χ4n) is 1.35. The first-order valence-corrected chi connectivity index (χ1v) is 6.82. The lowest BCUT2D eigenvalue weighted by Crippen LogP contribution is -1.97. The van der Waals surface area contributed by atoms with Crippen LogP contribution in [0.2, 0.25) is 9.36 Å². The highest BCUT2D eigenvalue weighted by atomic mass is 79.9. The van der Waals surface area contributed by atoms with E-state index in [1.54, 1.807) is 24.3 Å². The van der Waals surface area contributed by atoms with Crippen molar-refractivity contribution in [3.8, 4) is 0 Å². The molecule has 1 atom stereocenters. The maximum absolute atomic E-state index is 10.2. The van der Waals surface area contributed by atoms with Gasteiger partial charge in [-0.15, -0.1) is 11.3 Å². The van der Waals surface area contributed by atoms with Crippen LogP contribution in [0.1, 0.15) is 16.5 Å². The lowest BCUT2D eigenvalue weighted by atomic mass is 10.1. The van der Waals surface area contributed by atoms with Crippen molar-refractivity contribution in [2.24, 2.45) is 0 Å². The van der Waals surface area contributed by atoms with Crippen LogP contribution in [-0.4, -0.2) is 5.11 Å². The van der Waals surface area contributed by atoms with E-state index in [4.69, 9.17) is 23.2 Å². The van der Waals surface area contributed by atoms with E-state index in [2.05, 4.69) is 15.9 Å². The molecule has 5 heteroatoms. The summed E-state index contributed by atoms with van der Waals surface area (Å²) in [7, 11) is 0. The molecule has 84 valence electrons. The normalized spacial score (nSPS) is 12.8. The predicted molar refractivity (Wildman–Crippen MR) is 72.5 cm³/mol. The molecule has 0 fully saturated rings. The second kappa shape index (κ2) is 5.07. The first-order valence-electron chi connectivity index (χ1n) is 4.46. The van der Waals surface area contributed by atoms with Gasteiger partial charge in [0.2, 0.25) is 0 Å². The zero-order valence-corrected chi connectivity index (χ0v) is 11.9. The Bertz CT molecular complexity index is 512. The zero-order valence-electron chi connectivity index (χ0n) is 7.95. The third-order valence-electron chi connectivity index (χ3n) is 2.12. The Balaban J connectivity index is 2.40. The van der Waals surface area contributed by atoms with Gasteiger partial charge in [0.25, 0.3) is 0 Å². The van der Waals surface area contributed by atoms with Gasteiger partial charge >= 0.3 is 0 Å². The number of thiophene rings is 1. The molecule has 0 radical (unpaired) electrons. The standard InChI is InChI=1S/C11H7BrCl2OS/c12-6-1-2-8(13)7(5-6)11(15)9-3-4-10(14)16-9/h1-5,11,15H. The SMILES string of the molecule is OC(c1ccc(Cl)s1)c1cc(Br)ccc1Cl. The van der Waals surface area contributed by atoms with E-state index >= 15 is 0 Å². The average molecular weight is 338 g/mol. The number of benzene rings is 1. The van der Waals surface area contributed by atoms with Gasteiger partial charge in [-0.25, -0.2) is 0 Å². The van der Waals surface area contributed by atoms with Gasteiger partial charge in [-0.2, -0.15) is 0 Å². The molecule has 0 aliphatic rings. The maximum atomic E-state index is 10.2. The Labute approximate surface area is 116 Å². The van der Waals surface area contributed by atoms with E-state index in [9.17, 15) is 5.11 Å². The molecule has 1 unspecified atom stereocenters. The van der Waals surface area contributed by atoms with Gasteiger partial charge in [-0.05, 0) is 30.3 Å². The van der Waals surface area contributed by atoms with Crippen molar-refractivity contribution in [2.75, 3.05) is 0 Å². The lowest BCUT2D eigenvalue weighted by molar-refractivity contribution is 0.224. The van der Waals surface area contributed by atoms with Crippen LogP contribution < -0.4 is 0 Å². The molecule has 0 amide bonds. The number of aliphatic hydroxyl groups excluding tert-OH is 1. The quantitative estimate of drug-likeness (QED) is 0.826. The van der Waals surface area contributed by atoms with Gasteiger partial charge in [0.1, 0.15) is 6.10 Å². The predicted octanol–water partition coefficient (Wildman–Crippen LogP) is 4.90. The Morgan fingerprint density at radius 1 is 1.19 bits per heavy atom. The van der Waals surface area contributed by atoms with Gasteiger partial charge in [0, 0.05) is 19.9 Å². The van der Waals surface area contributed by atoms with Crippen LogP contribution in [0.3, 0.4) is 0 Å². The van der Waals surface area contributed by atoms with Crippen molar-refractivity contribution in [1.82, 2.24) is 0 Å². The van der Waals surface area contributed by atoms with Gasteiger partial charge in [0.15, 0.2) is 0 Å². The molecule has 1 aromatic heterocycles. The molecule has 16 heavy (non-hydrogen) atoms. The van der Waals surface area contributed by atoms with Gasteiger partial charge in [-0.3, -0.25) is 0 Å². The summed E-state index contributed by atoms with van der Waals surface area (Å²) in [6.45, 7) is 0. The smallest absolute Gasteiger partial charge is 0.115 e. The van der Waals surface area contributed by atoms with E-state index in [-0.39, 0.29) is 0 Å². The molecule has 0 saturated carbocycles. The molecule has 0 saturated heterocycles. The third kappa shape index (κ3) is 2.60. The van der Waals surface area contributed by atoms with Gasteiger partial charge < -0.3 is 5.11 Å². The Morgan fingerprint density at radius 2 is 1.94 bits per heavy atom. The minimum absolute atomic E-state index is 0.542. The van der Waals surface area contributed by atoms with Crippen molar-refractivity contribution in [3.63, 3.8) is 0 Å². The first-order chi connectivity index (χ1) is 7.58. The average Bonchev–Trinajstić information content (AvgIpc) is 2.67. The molecule has 2 rings (SSSR count). The molecule has 1 aromatic carbocycles. The van der Waals surface area contributed by atoms with Crippen molar-refractivity contribution in [3.05, 3.63) is 54.6 Å². The van der Waals surface area contributed by atoms with E-state index in [0.717, 1.165) is 9.35 Å². The molecule has 0 bridgehead atoms. The van der Waals surface area contributed by atoms with Crippen molar-refractivity contribution in [1.29, 1.82) is 0 Å². The number of halogens is 3. The molecular formula is C11H7BrCl2OS. The number of hydrogen-bond donors (Lipinski definition) is 1. The summed E-state index contributed by atoms with van der Waals surface area (Å²) >= 11 is 16.6. The highest BCUT2D eigenvalue weighted by Crippen LogP contribution is 2.35. The van der Waals surface area contributed by atoms with Gasteiger partial charge in [0.05, 0.1) is 4.34 Å². The first kappa shape index (κ1) is 12.4. The van der Waals surface area contributed by atoms with Crippen LogP contribution in [0.5, 0.6) is 0 Å². The largest absolute Gasteiger partial charge is 0.383 e. The Morgan fingerprint density at radius 3 is 2.56 bits per heavy atom. The zero-order chi connectivity index (χ0) is 11.7. The lowest BCUT2D eigenvalue weighted by Gasteiger charge is -2.11. The summed E-state index contributed by atoms with van der Waals surface area (Å²) in [5.74, 6) is 0. The monoisotopic (exact) mass is 336 g/mol. The van der Waals surface area contributed by atoms with Crippen LogP contribution in [0.4, 0.5) is 0 Å². The van der Waals surface area contributed by atoms with Crippen molar-refractivity contribution in [2.45, 2.75) is 6.10 Å². The number of aliphatic hydroxyl groups is 1. The van der Waals surface area contributed by atoms with Crippen molar-refractivity contribution >= 4 is 50.5 Å². The van der Waals surface area contributed by atoms with Crippen LogP contribution >= 0.6 is 50.5 Å². The fourth-order valence-corrected chi connectivity index (χ4v) is 3.02. The number of hydrogen-bond acceptors (Lipinski definition) is 2. The van der Waals surface area contributed by atoms with Crippen LogP contribution in [0.15, 0.2) is 34.8 Å². The second-order valence-corrected chi connectivity index (χ2v) is 6.28. The van der Waals surface area contributed by atoms with Crippen LogP contribution in [-0.2, 0) is 0 Å². The topological polar surface area (TPSA) is 20.2 Å². The van der Waals surface area contributed by atoms with Gasteiger partial charge in [-0.1, -0.05) is 39.1 Å². The highest BCUT2D eigenvalue weighted by Gasteiger charge is 2.16. The highest BCUT2D eigenvalue weighted by molar-refractivity contribution is 9.10. The number of rotatable bonds is 2. The second-order valence-electron chi connectivity index (χ2n) is 3.21. The molecule has 0 spiro atoms. The van der Waals surface area contributed by atoms with Crippen LogP contribution in [0, 0.1) is 0 Å². The fraction of sp³-hybridized carbons (Fsp3) is 0.0909. The van der Waals surface area contributed by atoms with Crippen LogP contribution in [0.25, 0.3) is 0 Å². The molecule has 1 nitrogen and oxygen atoms in total. The summed E-state index contributed by atoms with van der Waals surface area (Å²) in [6.07, 6.45) is -0.734. The summed E-state index contributed by atoms with van der Waals surface area (Å²) in [5, 5.41) is 10.7. The summed E-state index contributed by atoms with van der Waals surface area (Å²) < 4.78 is 1.54. The summed E-state index contributed by atoms with van der Waals surface area (Å²) in [5.41, 5.74) is 0.676. The molecule has 2 aromatic rings. The molecule has 0 aliphatic heterocycles. The minimum atomic E-state index is -0.734. The molecular weight excluding hydrogens is 331 g/mol. The van der Waals surface area contributed by atoms with Crippen molar-refractivity contribution < 1.29 is 5.11 Å². The molecule has 0 aliphatic carbocycles. The minimum Gasteiger partial charge on any atom is -0.383 e. The summed E-state index contributed by atoms with van der Waals surface area (Å²) in [4.78, 5) is 0.782. The van der Waals surface area contributed by atoms with E-state index in [1.165, 1.54) is 11.3 Å².